The van der Waals surface area contributed by atoms with Crippen molar-refractivity contribution in [3.05, 3.63) is 76.8 Å². The molecule has 30 heavy (non-hydrogen) atoms. The number of nitrogens with zero attached hydrogens (tertiary/aromatic N) is 1. The van der Waals surface area contributed by atoms with Crippen LogP contribution in [0.2, 0.25) is 0 Å². The number of methoxy groups -OCH3 is 1. The van der Waals surface area contributed by atoms with Crippen molar-refractivity contribution < 1.29 is 13.9 Å². The molecule has 8 heteroatoms. The van der Waals surface area contributed by atoms with E-state index in [2.05, 4.69) is 31.5 Å². The molecule has 3 aromatic carbocycles. The summed E-state index contributed by atoms with van der Waals surface area (Å²) in [6, 6.07) is 20.0. The van der Waals surface area contributed by atoms with Crippen LogP contribution in [0.4, 0.5) is 5.69 Å². The maximum Gasteiger partial charge on any atom is 0.257 e. The lowest BCUT2D eigenvalue weighted by Crippen LogP contribution is -2.34. The third kappa shape index (κ3) is 4.50. The number of aromatic nitrogens is 1. The molecule has 0 fully saturated rings. The number of rotatable bonds is 4. The van der Waals surface area contributed by atoms with E-state index in [0.717, 1.165) is 10.0 Å². The van der Waals surface area contributed by atoms with Gasteiger partial charge in [-0.25, -0.2) is 4.98 Å². The highest BCUT2D eigenvalue weighted by molar-refractivity contribution is 9.10. The quantitative estimate of drug-likeness (QED) is 0.380. The number of thiocarbonyl (C=S) groups is 1. The summed E-state index contributed by atoms with van der Waals surface area (Å²) in [4.78, 5) is 16.9. The molecule has 0 saturated heterocycles. The van der Waals surface area contributed by atoms with E-state index in [9.17, 15) is 4.79 Å². The van der Waals surface area contributed by atoms with Gasteiger partial charge in [-0.1, -0.05) is 28.1 Å². The van der Waals surface area contributed by atoms with Crippen molar-refractivity contribution >= 4 is 56.0 Å². The fourth-order valence-electron chi connectivity index (χ4n) is 2.85. The molecule has 0 bridgehead atoms. The Bertz CT molecular complexity index is 1260. The summed E-state index contributed by atoms with van der Waals surface area (Å²) in [6.45, 7) is 0. The van der Waals surface area contributed by atoms with Crippen LogP contribution in [0.5, 0.6) is 5.75 Å². The minimum atomic E-state index is -0.328. The van der Waals surface area contributed by atoms with Crippen LogP contribution in [0.15, 0.2) is 75.6 Å². The number of ether oxygens (including phenoxy) is 1. The Balaban J connectivity index is 1.48. The molecule has 0 aliphatic heterocycles. The van der Waals surface area contributed by atoms with Gasteiger partial charge >= 0.3 is 0 Å². The standard InChI is InChI=1S/C22H16BrN3O3S/c1-28-17-7-3-4-13(11-17)20(27)26-22(30)24-16-8-9-19-18(12-16)25-21(29-19)14-5-2-6-15(23)10-14/h2-12H,1H3,(H2,24,26,27,30). The molecule has 2 N–H and O–H groups in total. The fourth-order valence-corrected chi connectivity index (χ4v) is 3.46. The fraction of sp³-hybridized carbons (Fsp3) is 0.0455. The molecule has 0 radical (unpaired) electrons. The Morgan fingerprint density at radius 2 is 1.93 bits per heavy atom. The number of benzene rings is 3. The molecule has 0 spiro atoms. The lowest BCUT2D eigenvalue weighted by molar-refractivity contribution is 0.0977. The van der Waals surface area contributed by atoms with E-state index in [0.29, 0.717) is 34.0 Å². The van der Waals surface area contributed by atoms with E-state index in [1.54, 1.807) is 37.4 Å². The number of hydrogen-bond donors (Lipinski definition) is 2. The number of hydrogen-bond acceptors (Lipinski definition) is 5. The second-order valence-electron chi connectivity index (χ2n) is 6.35. The molecule has 150 valence electrons. The zero-order valence-corrected chi connectivity index (χ0v) is 18.2. The summed E-state index contributed by atoms with van der Waals surface area (Å²) < 4.78 is 11.9. The van der Waals surface area contributed by atoms with Gasteiger partial charge in [-0.2, -0.15) is 0 Å². The van der Waals surface area contributed by atoms with Gasteiger partial charge in [-0.15, -0.1) is 0 Å². The van der Waals surface area contributed by atoms with Gasteiger partial charge in [0.25, 0.3) is 5.91 Å². The van der Waals surface area contributed by atoms with E-state index in [-0.39, 0.29) is 11.0 Å². The highest BCUT2D eigenvalue weighted by atomic mass is 79.9. The number of amides is 1. The highest BCUT2D eigenvalue weighted by Gasteiger charge is 2.12. The van der Waals surface area contributed by atoms with Crippen molar-refractivity contribution in [2.45, 2.75) is 0 Å². The maximum atomic E-state index is 12.4. The average Bonchev–Trinajstić information content (AvgIpc) is 3.17. The van der Waals surface area contributed by atoms with E-state index < -0.39 is 0 Å². The SMILES string of the molecule is COc1cccc(C(=O)NC(=S)Nc2ccc3oc(-c4cccc(Br)c4)nc3c2)c1. The number of fused-ring (bicyclic) bond motifs is 1. The molecule has 0 aliphatic carbocycles. The lowest BCUT2D eigenvalue weighted by atomic mass is 10.2. The summed E-state index contributed by atoms with van der Waals surface area (Å²) >= 11 is 8.72. The van der Waals surface area contributed by atoms with Crippen molar-refractivity contribution in [3.63, 3.8) is 0 Å². The molecule has 0 aliphatic rings. The first-order valence-electron chi connectivity index (χ1n) is 8.95. The van der Waals surface area contributed by atoms with E-state index in [1.165, 1.54) is 0 Å². The van der Waals surface area contributed by atoms with Gasteiger partial charge in [0.1, 0.15) is 11.3 Å². The first-order chi connectivity index (χ1) is 14.5. The molecule has 1 heterocycles. The Morgan fingerprint density at radius 3 is 2.73 bits per heavy atom. The number of carbonyl (C=O) groups is 1. The number of halogens is 1. The van der Waals surface area contributed by atoms with Crippen molar-refractivity contribution in [2.75, 3.05) is 12.4 Å². The summed E-state index contributed by atoms with van der Waals surface area (Å²) in [5, 5.41) is 5.84. The van der Waals surface area contributed by atoms with Crippen molar-refractivity contribution in [2.24, 2.45) is 0 Å². The predicted molar refractivity (Wildman–Crippen MR) is 124 cm³/mol. The van der Waals surface area contributed by atoms with E-state index in [1.807, 2.05) is 36.4 Å². The summed E-state index contributed by atoms with van der Waals surface area (Å²) in [7, 11) is 1.55. The third-order valence-electron chi connectivity index (χ3n) is 4.28. The summed E-state index contributed by atoms with van der Waals surface area (Å²) in [5.74, 6) is 0.794. The van der Waals surface area contributed by atoms with Crippen molar-refractivity contribution in [1.82, 2.24) is 10.3 Å². The number of oxazole rings is 1. The molecular formula is C22H16BrN3O3S. The van der Waals surface area contributed by atoms with Crippen LogP contribution < -0.4 is 15.4 Å². The van der Waals surface area contributed by atoms with Gasteiger partial charge in [0.15, 0.2) is 10.7 Å². The van der Waals surface area contributed by atoms with Gasteiger partial charge in [0.2, 0.25) is 5.89 Å². The largest absolute Gasteiger partial charge is 0.497 e. The minimum absolute atomic E-state index is 0.179. The highest BCUT2D eigenvalue weighted by Crippen LogP contribution is 2.27. The molecule has 1 aromatic heterocycles. The number of nitrogens with one attached hydrogen (secondary N) is 2. The van der Waals surface area contributed by atoms with Gasteiger partial charge in [-0.05, 0) is 66.8 Å². The smallest absolute Gasteiger partial charge is 0.257 e. The van der Waals surface area contributed by atoms with Crippen LogP contribution in [-0.2, 0) is 0 Å². The van der Waals surface area contributed by atoms with Crippen LogP contribution in [-0.4, -0.2) is 23.1 Å². The first kappa shape index (κ1) is 20.1. The van der Waals surface area contributed by atoms with Crippen molar-refractivity contribution in [3.8, 4) is 17.2 Å². The molecule has 0 atom stereocenters. The van der Waals surface area contributed by atoms with Gasteiger partial charge < -0.3 is 14.5 Å². The molecule has 6 nitrogen and oxygen atoms in total. The Hall–Kier alpha value is -3.23. The zero-order chi connectivity index (χ0) is 21.1. The summed E-state index contributed by atoms with van der Waals surface area (Å²) in [5.41, 5.74) is 3.34. The second kappa shape index (κ2) is 8.64. The topological polar surface area (TPSA) is 76.4 Å². The van der Waals surface area contributed by atoms with E-state index in [4.69, 9.17) is 21.4 Å². The first-order valence-corrected chi connectivity index (χ1v) is 10.1. The Labute approximate surface area is 186 Å². The third-order valence-corrected chi connectivity index (χ3v) is 4.97. The molecule has 4 aromatic rings. The molecule has 1 amide bonds. The lowest BCUT2D eigenvalue weighted by Gasteiger charge is -2.10. The van der Waals surface area contributed by atoms with Crippen LogP contribution in [0.1, 0.15) is 10.4 Å². The molecule has 0 saturated carbocycles. The normalized spacial score (nSPS) is 10.6. The predicted octanol–water partition coefficient (Wildman–Crippen LogP) is 5.39. The Kier molecular flexibility index (Phi) is 5.78. The second-order valence-corrected chi connectivity index (χ2v) is 7.68. The Morgan fingerprint density at radius 1 is 1.10 bits per heavy atom. The number of anilines is 1. The minimum Gasteiger partial charge on any atom is -0.497 e. The van der Waals surface area contributed by atoms with Gasteiger partial charge in [0, 0.05) is 21.3 Å². The molecular weight excluding hydrogens is 466 g/mol. The average molecular weight is 482 g/mol. The monoisotopic (exact) mass is 481 g/mol. The van der Waals surface area contributed by atoms with Crippen LogP contribution in [0, 0.1) is 0 Å². The number of carbonyl (C=O) groups excluding carboxylic acids is 1. The van der Waals surface area contributed by atoms with Gasteiger partial charge in [-0.3, -0.25) is 10.1 Å². The molecule has 4 rings (SSSR count). The summed E-state index contributed by atoms with van der Waals surface area (Å²) in [6.07, 6.45) is 0. The van der Waals surface area contributed by atoms with Crippen molar-refractivity contribution in [1.29, 1.82) is 0 Å². The van der Waals surface area contributed by atoms with Crippen LogP contribution in [0.25, 0.3) is 22.6 Å². The van der Waals surface area contributed by atoms with E-state index >= 15 is 0 Å². The van der Waals surface area contributed by atoms with Crippen LogP contribution >= 0.6 is 28.1 Å². The maximum absolute atomic E-state index is 12.4. The molecule has 0 unspecified atom stereocenters. The van der Waals surface area contributed by atoms with Crippen LogP contribution in [0.3, 0.4) is 0 Å². The zero-order valence-electron chi connectivity index (χ0n) is 15.8. The van der Waals surface area contributed by atoms with Gasteiger partial charge in [0.05, 0.1) is 7.11 Å².